The predicted molar refractivity (Wildman–Crippen MR) is 120 cm³/mol. The highest BCUT2D eigenvalue weighted by molar-refractivity contribution is 6.38. The van der Waals surface area contributed by atoms with Gasteiger partial charge in [0.15, 0.2) is 0 Å². The topological polar surface area (TPSA) is 111 Å². The molecule has 0 spiro atoms. The van der Waals surface area contributed by atoms with Crippen LogP contribution in [0.1, 0.15) is 25.7 Å². The van der Waals surface area contributed by atoms with Crippen LogP contribution in [0.2, 0.25) is 5.02 Å². The molecule has 3 aromatic heterocycles. The molecule has 2 fully saturated rings. The van der Waals surface area contributed by atoms with Gasteiger partial charge >= 0.3 is 0 Å². The van der Waals surface area contributed by atoms with Gasteiger partial charge in [-0.3, -0.25) is 9.36 Å². The van der Waals surface area contributed by atoms with Gasteiger partial charge in [0.25, 0.3) is 5.56 Å². The minimum absolute atomic E-state index is 0.0928. The average Bonchev–Trinajstić information content (AvgIpc) is 3.40. The number of piperidine rings is 1. The monoisotopic (exact) mass is 438 g/mol. The maximum absolute atomic E-state index is 13.5. The van der Waals surface area contributed by atoms with E-state index < -0.39 is 0 Å². The van der Waals surface area contributed by atoms with E-state index in [0.29, 0.717) is 39.6 Å². The minimum atomic E-state index is -0.0928. The summed E-state index contributed by atoms with van der Waals surface area (Å²) in [6.07, 6.45) is 5.87. The summed E-state index contributed by atoms with van der Waals surface area (Å²) >= 11 is 6.72. The molecule has 0 amide bonds. The number of fused-ring (bicyclic) bond motifs is 4. The van der Waals surface area contributed by atoms with E-state index >= 15 is 0 Å². The van der Waals surface area contributed by atoms with Gasteiger partial charge in [0.1, 0.15) is 16.7 Å². The van der Waals surface area contributed by atoms with Crippen molar-refractivity contribution in [1.29, 1.82) is 0 Å². The Labute approximate surface area is 182 Å². The van der Waals surface area contributed by atoms with Crippen LogP contribution in [0.3, 0.4) is 0 Å². The summed E-state index contributed by atoms with van der Waals surface area (Å²) in [6, 6.07) is 4.65. The number of anilines is 1. The van der Waals surface area contributed by atoms with Crippen LogP contribution in [0.5, 0.6) is 0 Å². The fourth-order valence-corrected chi connectivity index (χ4v) is 5.83. The Hall–Kier alpha value is -2.91. The molecule has 4 aromatic rings. The van der Waals surface area contributed by atoms with E-state index in [4.69, 9.17) is 22.3 Å². The number of nitrogens with zero attached hydrogens (tertiary/aromatic N) is 6. The summed E-state index contributed by atoms with van der Waals surface area (Å²) in [7, 11) is 3.59. The molecule has 1 aromatic carbocycles. The number of H-pyrrole nitrogens is 1. The highest BCUT2D eigenvalue weighted by atomic mass is 35.5. The molecule has 1 unspecified atom stereocenters. The molecule has 2 aliphatic rings. The molecular formula is C21H23ClN8O. The first-order valence-corrected chi connectivity index (χ1v) is 10.9. The number of aromatic nitrogens is 6. The molecule has 0 radical (unpaired) electrons. The second kappa shape index (κ2) is 6.54. The van der Waals surface area contributed by atoms with E-state index in [0.717, 1.165) is 42.3 Å². The minimum Gasteiger partial charge on any atom is -0.345 e. The van der Waals surface area contributed by atoms with Crippen LogP contribution < -0.4 is 16.2 Å². The first-order valence-electron chi connectivity index (χ1n) is 10.5. The zero-order valence-electron chi connectivity index (χ0n) is 17.3. The molecule has 9 nitrogen and oxygen atoms in total. The van der Waals surface area contributed by atoms with Gasteiger partial charge in [-0.05, 0) is 31.7 Å². The third-order valence-corrected chi connectivity index (χ3v) is 7.27. The van der Waals surface area contributed by atoms with Crippen molar-refractivity contribution in [2.75, 3.05) is 4.90 Å². The summed E-state index contributed by atoms with van der Waals surface area (Å²) in [5.41, 5.74) is 9.64. The molecule has 10 heteroatoms. The van der Waals surface area contributed by atoms with Gasteiger partial charge < -0.3 is 15.6 Å². The molecule has 0 aliphatic carbocycles. The number of hydrogen-bond donors (Lipinski definition) is 2. The summed E-state index contributed by atoms with van der Waals surface area (Å²) < 4.78 is 3.31. The Bertz CT molecular complexity index is 1390. The first-order chi connectivity index (χ1) is 14.9. The molecule has 2 saturated heterocycles. The Kier molecular flexibility index (Phi) is 3.97. The lowest BCUT2D eigenvalue weighted by molar-refractivity contribution is 0.405. The van der Waals surface area contributed by atoms with Crippen molar-refractivity contribution in [2.24, 2.45) is 19.8 Å². The third-order valence-electron chi connectivity index (χ3n) is 6.89. The molecule has 3 N–H and O–H groups in total. The standard InChI is InChI=1S/C21H23ClN8O/c1-28-20(31)16-14(13-5-6-15-18(17(13)22)29(2)27-26-15)9-24-19(16)25-21(28)30-11-3-4-12(30)8-10(23)7-11/h5-6,9-12,24H,3-4,7-8,23H2,1-2H3/t10?,11-,12+. The van der Waals surface area contributed by atoms with Crippen LogP contribution in [0.4, 0.5) is 5.95 Å². The zero-order valence-corrected chi connectivity index (χ0v) is 18.1. The molecule has 0 saturated carbocycles. The fraction of sp³-hybridized carbons (Fsp3) is 0.429. The third kappa shape index (κ3) is 2.59. The number of aryl methyl sites for hydroxylation is 1. The molecule has 5 heterocycles. The van der Waals surface area contributed by atoms with Crippen LogP contribution in [0.15, 0.2) is 23.1 Å². The van der Waals surface area contributed by atoms with Crippen molar-refractivity contribution >= 4 is 39.6 Å². The first kappa shape index (κ1) is 18.8. The van der Waals surface area contributed by atoms with Crippen molar-refractivity contribution < 1.29 is 0 Å². The number of rotatable bonds is 2. The highest BCUT2D eigenvalue weighted by Crippen LogP contribution is 2.39. The predicted octanol–water partition coefficient (Wildman–Crippen LogP) is 2.32. The molecule has 6 rings (SSSR count). The van der Waals surface area contributed by atoms with Gasteiger partial charge in [0.05, 0.1) is 10.4 Å². The second-order valence-corrected chi connectivity index (χ2v) is 9.11. The van der Waals surface area contributed by atoms with Crippen LogP contribution in [0.25, 0.3) is 33.2 Å². The van der Waals surface area contributed by atoms with Gasteiger partial charge in [0, 0.05) is 49.5 Å². The molecule has 160 valence electrons. The van der Waals surface area contributed by atoms with Crippen molar-refractivity contribution in [3.8, 4) is 11.1 Å². The summed E-state index contributed by atoms with van der Waals surface area (Å²) in [5, 5.41) is 9.20. The zero-order chi connectivity index (χ0) is 21.4. The average molecular weight is 439 g/mol. The number of nitrogens with two attached hydrogens (primary N) is 1. The van der Waals surface area contributed by atoms with E-state index in [1.165, 1.54) is 0 Å². The van der Waals surface area contributed by atoms with Gasteiger partial charge in [-0.15, -0.1) is 5.10 Å². The number of benzene rings is 1. The summed E-state index contributed by atoms with van der Waals surface area (Å²) in [4.78, 5) is 23.9. The van der Waals surface area contributed by atoms with Crippen LogP contribution in [-0.2, 0) is 14.1 Å². The quantitative estimate of drug-likeness (QED) is 0.497. The number of aromatic amines is 1. The largest absolute Gasteiger partial charge is 0.345 e. The number of nitrogens with one attached hydrogen (secondary N) is 1. The maximum Gasteiger partial charge on any atom is 0.264 e. The van der Waals surface area contributed by atoms with Crippen LogP contribution >= 0.6 is 11.6 Å². The SMILES string of the molecule is Cn1c(N2[C@@H]3CC[C@H]2CC(N)C3)nc2[nH]cc(-c3ccc4nnn(C)c4c3Cl)c2c1=O. The van der Waals surface area contributed by atoms with E-state index in [-0.39, 0.29) is 11.6 Å². The summed E-state index contributed by atoms with van der Waals surface area (Å²) in [6.45, 7) is 0. The van der Waals surface area contributed by atoms with Gasteiger partial charge in [-0.25, -0.2) is 4.68 Å². The number of halogens is 1. The van der Waals surface area contributed by atoms with Crippen molar-refractivity contribution in [3.63, 3.8) is 0 Å². The van der Waals surface area contributed by atoms with E-state index in [1.54, 1.807) is 29.5 Å². The molecule has 2 bridgehead atoms. The summed E-state index contributed by atoms with van der Waals surface area (Å²) in [5.74, 6) is 0.711. The Balaban J connectivity index is 1.53. The smallest absolute Gasteiger partial charge is 0.264 e. The fourth-order valence-electron chi connectivity index (χ4n) is 5.45. The molecular weight excluding hydrogens is 416 g/mol. The second-order valence-electron chi connectivity index (χ2n) is 8.73. The molecule has 2 aliphatic heterocycles. The highest BCUT2D eigenvalue weighted by Gasteiger charge is 2.41. The van der Waals surface area contributed by atoms with Gasteiger partial charge in [-0.1, -0.05) is 22.9 Å². The normalized spacial score (nSPS) is 23.4. The van der Waals surface area contributed by atoms with E-state index in [1.807, 2.05) is 12.1 Å². The van der Waals surface area contributed by atoms with Gasteiger partial charge in [-0.2, -0.15) is 4.98 Å². The van der Waals surface area contributed by atoms with Crippen LogP contribution in [-0.4, -0.2) is 47.7 Å². The lowest BCUT2D eigenvalue weighted by Crippen LogP contribution is -2.49. The lowest BCUT2D eigenvalue weighted by Gasteiger charge is -2.38. The van der Waals surface area contributed by atoms with Crippen molar-refractivity contribution in [3.05, 3.63) is 33.7 Å². The molecule has 31 heavy (non-hydrogen) atoms. The number of hydrogen-bond acceptors (Lipinski definition) is 6. The Morgan fingerprint density at radius 1 is 1.16 bits per heavy atom. The Morgan fingerprint density at radius 3 is 2.65 bits per heavy atom. The van der Waals surface area contributed by atoms with Crippen molar-refractivity contribution in [2.45, 2.75) is 43.8 Å². The van der Waals surface area contributed by atoms with Crippen molar-refractivity contribution in [1.82, 2.24) is 29.5 Å². The lowest BCUT2D eigenvalue weighted by atomic mass is 9.98. The van der Waals surface area contributed by atoms with E-state index in [2.05, 4.69) is 20.2 Å². The van der Waals surface area contributed by atoms with Crippen LogP contribution in [0, 0.1) is 0 Å². The molecule has 3 atom stereocenters. The maximum atomic E-state index is 13.5. The Morgan fingerprint density at radius 2 is 1.90 bits per heavy atom. The van der Waals surface area contributed by atoms with E-state index in [9.17, 15) is 4.79 Å². The van der Waals surface area contributed by atoms with Gasteiger partial charge in [0.2, 0.25) is 5.95 Å².